The summed E-state index contributed by atoms with van der Waals surface area (Å²) in [7, 11) is 0. The monoisotopic (exact) mass is 420 g/mol. The maximum absolute atomic E-state index is 13.3. The van der Waals surface area contributed by atoms with E-state index in [4.69, 9.17) is 0 Å². The van der Waals surface area contributed by atoms with Gasteiger partial charge in [0.25, 0.3) is 0 Å². The number of anilines is 2. The molecule has 1 saturated heterocycles. The van der Waals surface area contributed by atoms with Crippen LogP contribution in [0.2, 0.25) is 0 Å². The Morgan fingerprint density at radius 1 is 0.931 bits per heavy atom. The summed E-state index contributed by atoms with van der Waals surface area (Å²) in [4.78, 5) is 6.57. The molecule has 2 aromatic carbocycles. The number of hydrogen-bond donors (Lipinski definition) is 0. The standard InChI is InChI=1S/C23H27F3N2S/c1-16-12-17(2)15-27(14-16)10-5-11-28-19-6-3-4-7-21(19)29-22-9-8-18(13-20(22)28)23(24,25)26/h3-4,6-9,13,16-17H,5,10-12,14-15H2,1-2H3. The topological polar surface area (TPSA) is 6.48 Å². The Labute approximate surface area is 175 Å². The number of benzene rings is 2. The number of rotatable bonds is 4. The number of likely N-dealkylation sites (tertiary alicyclic amines) is 1. The molecule has 29 heavy (non-hydrogen) atoms. The summed E-state index contributed by atoms with van der Waals surface area (Å²) >= 11 is 1.55. The number of hydrogen-bond acceptors (Lipinski definition) is 3. The maximum Gasteiger partial charge on any atom is 0.416 e. The van der Waals surface area contributed by atoms with Gasteiger partial charge in [-0.15, -0.1) is 0 Å². The lowest BCUT2D eigenvalue weighted by Gasteiger charge is -2.36. The Morgan fingerprint density at radius 2 is 1.62 bits per heavy atom. The van der Waals surface area contributed by atoms with Gasteiger partial charge >= 0.3 is 6.18 Å². The third-order valence-electron chi connectivity index (χ3n) is 5.75. The van der Waals surface area contributed by atoms with E-state index in [-0.39, 0.29) is 0 Å². The number of fused-ring (bicyclic) bond motifs is 2. The van der Waals surface area contributed by atoms with Gasteiger partial charge in [-0.25, -0.2) is 0 Å². The van der Waals surface area contributed by atoms with E-state index < -0.39 is 11.7 Å². The van der Waals surface area contributed by atoms with Crippen molar-refractivity contribution in [1.29, 1.82) is 0 Å². The summed E-state index contributed by atoms with van der Waals surface area (Å²) < 4.78 is 40.0. The van der Waals surface area contributed by atoms with Crippen LogP contribution in [0.1, 0.15) is 32.3 Å². The van der Waals surface area contributed by atoms with E-state index in [1.54, 1.807) is 17.8 Å². The van der Waals surface area contributed by atoms with E-state index in [2.05, 4.69) is 23.6 Å². The molecule has 2 aliphatic rings. The summed E-state index contributed by atoms with van der Waals surface area (Å²) in [5.74, 6) is 1.42. The van der Waals surface area contributed by atoms with Crippen molar-refractivity contribution in [1.82, 2.24) is 4.90 Å². The smallest absolute Gasteiger partial charge is 0.340 e. The minimum Gasteiger partial charge on any atom is -0.340 e. The third-order valence-corrected chi connectivity index (χ3v) is 6.88. The molecule has 0 bridgehead atoms. The molecule has 0 aromatic heterocycles. The van der Waals surface area contributed by atoms with E-state index in [9.17, 15) is 13.2 Å². The van der Waals surface area contributed by atoms with Crippen molar-refractivity contribution < 1.29 is 13.2 Å². The molecule has 0 radical (unpaired) electrons. The summed E-state index contributed by atoms with van der Waals surface area (Å²) in [6, 6.07) is 12.1. The Hall–Kier alpha value is -1.66. The van der Waals surface area contributed by atoms with Gasteiger partial charge in [-0.2, -0.15) is 13.2 Å². The first kappa shape index (κ1) is 20.6. The molecule has 0 N–H and O–H groups in total. The van der Waals surface area contributed by atoms with Crippen LogP contribution in [0, 0.1) is 11.8 Å². The van der Waals surface area contributed by atoms with Crippen LogP contribution in [0.5, 0.6) is 0 Å². The first-order valence-electron chi connectivity index (χ1n) is 10.3. The summed E-state index contributed by atoms with van der Waals surface area (Å²) in [6.07, 6.45) is -2.13. The van der Waals surface area contributed by atoms with Crippen molar-refractivity contribution in [3.63, 3.8) is 0 Å². The highest BCUT2D eigenvalue weighted by Crippen LogP contribution is 2.49. The van der Waals surface area contributed by atoms with Crippen molar-refractivity contribution in [3.8, 4) is 0 Å². The number of piperidine rings is 1. The minimum absolute atomic E-state index is 0.583. The van der Waals surface area contributed by atoms with Crippen molar-refractivity contribution in [2.45, 2.75) is 42.7 Å². The van der Waals surface area contributed by atoms with E-state index in [0.717, 1.165) is 41.5 Å². The van der Waals surface area contributed by atoms with Gasteiger partial charge < -0.3 is 9.80 Å². The highest BCUT2D eigenvalue weighted by atomic mass is 32.2. The van der Waals surface area contributed by atoms with Gasteiger partial charge in [0.1, 0.15) is 0 Å². The van der Waals surface area contributed by atoms with E-state index >= 15 is 0 Å². The second-order valence-electron chi connectivity index (χ2n) is 8.46. The number of nitrogens with zero attached hydrogens (tertiary/aromatic N) is 2. The zero-order valence-electron chi connectivity index (χ0n) is 16.9. The molecule has 2 unspecified atom stereocenters. The number of halogens is 3. The van der Waals surface area contributed by atoms with Crippen molar-refractivity contribution in [3.05, 3.63) is 48.0 Å². The van der Waals surface area contributed by atoms with Crippen LogP contribution in [0.4, 0.5) is 24.5 Å². The molecule has 2 heterocycles. The Balaban J connectivity index is 1.55. The zero-order chi connectivity index (χ0) is 20.6. The summed E-state index contributed by atoms with van der Waals surface area (Å²) in [6.45, 7) is 8.53. The second kappa shape index (κ2) is 8.23. The molecule has 2 aromatic rings. The van der Waals surface area contributed by atoms with Crippen LogP contribution in [-0.4, -0.2) is 31.1 Å². The number of alkyl halides is 3. The SMILES string of the molecule is CC1CC(C)CN(CCCN2c3ccccc3Sc3ccc(C(F)(F)F)cc32)C1. The molecule has 0 aliphatic carbocycles. The van der Waals surface area contributed by atoms with Crippen molar-refractivity contribution in [2.24, 2.45) is 11.8 Å². The van der Waals surface area contributed by atoms with Crippen LogP contribution in [-0.2, 0) is 6.18 Å². The lowest BCUT2D eigenvalue weighted by atomic mass is 9.92. The lowest BCUT2D eigenvalue weighted by Crippen LogP contribution is -2.40. The van der Waals surface area contributed by atoms with Gasteiger partial charge in [-0.1, -0.05) is 37.7 Å². The van der Waals surface area contributed by atoms with Crippen LogP contribution < -0.4 is 4.90 Å². The largest absolute Gasteiger partial charge is 0.416 e. The predicted octanol–water partition coefficient (Wildman–Crippen LogP) is 6.68. The number of para-hydroxylation sites is 1. The van der Waals surface area contributed by atoms with Crippen LogP contribution in [0.15, 0.2) is 52.3 Å². The van der Waals surface area contributed by atoms with Gasteiger partial charge in [0.2, 0.25) is 0 Å². The van der Waals surface area contributed by atoms with E-state index in [1.165, 1.54) is 18.6 Å². The maximum atomic E-state index is 13.3. The lowest BCUT2D eigenvalue weighted by molar-refractivity contribution is -0.137. The van der Waals surface area contributed by atoms with Crippen molar-refractivity contribution >= 4 is 23.1 Å². The average molecular weight is 421 g/mol. The fraction of sp³-hybridized carbons (Fsp3) is 0.478. The average Bonchev–Trinajstić information content (AvgIpc) is 2.65. The van der Waals surface area contributed by atoms with Gasteiger partial charge in [-0.3, -0.25) is 0 Å². The molecular weight excluding hydrogens is 393 g/mol. The van der Waals surface area contributed by atoms with Gasteiger partial charge in [-0.05, 0) is 61.6 Å². The summed E-state index contributed by atoms with van der Waals surface area (Å²) in [5.41, 5.74) is 1.09. The Kier molecular flexibility index (Phi) is 5.85. The second-order valence-corrected chi connectivity index (χ2v) is 9.54. The molecule has 156 valence electrons. The van der Waals surface area contributed by atoms with Gasteiger partial charge in [0.15, 0.2) is 0 Å². The summed E-state index contributed by atoms with van der Waals surface area (Å²) in [5, 5.41) is 0. The molecule has 0 saturated carbocycles. The first-order chi connectivity index (χ1) is 13.8. The molecule has 2 atom stereocenters. The van der Waals surface area contributed by atoms with Crippen LogP contribution >= 0.6 is 11.8 Å². The predicted molar refractivity (Wildman–Crippen MR) is 113 cm³/mol. The highest BCUT2D eigenvalue weighted by Gasteiger charge is 2.33. The molecular formula is C23H27F3N2S. The van der Waals surface area contributed by atoms with Crippen molar-refractivity contribution in [2.75, 3.05) is 31.1 Å². The Bertz CT molecular complexity index is 857. The fourth-order valence-electron chi connectivity index (χ4n) is 4.67. The fourth-order valence-corrected chi connectivity index (χ4v) is 5.75. The van der Waals surface area contributed by atoms with Gasteiger partial charge in [0.05, 0.1) is 16.9 Å². The molecule has 0 amide bonds. The molecule has 4 rings (SSSR count). The Morgan fingerprint density at radius 3 is 2.34 bits per heavy atom. The van der Waals surface area contributed by atoms with E-state index in [0.29, 0.717) is 24.1 Å². The molecule has 6 heteroatoms. The zero-order valence-corrected chi connectivity index (χ0v) is 17.7. The van der Waals surface area contributed by atoms with Crippen LogP contribution in [0.25, 0.3) is 0 Å². The normalized spacial score (nSPS) is 22.3. The third kappa shape index (κ3) is 4.58. The van der Waals surface area contributed by atoms with Crippen LogP contribution in [0.3, 0.4) is 0 Å². The molecule has 2 nitrogen and oxygen atoms in total. The molecule has 2 aliphatic heterocycles. The molecule has 0 spiro atoms. The minimum atomic E-state index is -4.33. The molecule has 1 fully saturated rings. The van der Waals surface area contributed by atoms with E-state index in [1.807, 2.05) is 24.3 Å². The van der Waals surface area contributed by atoms with Gasteiger partial charge in [0, 0.05) is 29.4 Å². The quantitative estimate of drug-likeness (QED) is 0.545. The first-order valence-corrected chi connectivity index (χ1v) is 11.1. The highest BCUT2D eigenvalue weighted by molar-refractivity contribution is 7.99.